The largest absolute Gasteiger partial charge is 0.508 e. The number of aromatic hydroxyl groups is 1. The van der Waals surface area contributed by atoms with E-state index in [1.165, 1.54) is 43.3 Å². The van der Waals surface area contributed by atoms with Gasteiger partial charge in [0.1, 0.15) is 36.8 Å². The van der Waals surface area contributed by atoms with Crippen molar-refractivity contribution in [3.8, 4) is 11.5 Å². The molecule has 0 unspecified atom stereocenters. The van der Waals surface area contributed by atoms with E-state index >= 15 is 0 Å². The quantitative estimate of drug-likeness (QED) is 0.155. The number of methoxy groups -OCH3 is 1. The van der Waals surface area contributed by atoms with Gasteiger partial charge in [-0.25, -0.2) is 9.59 Å². The summed E-state index contributed by atoms with van der Waals surface area (Å²) in [6.45, 7) is 2.00. The number of ether oxygens (including phenoxy) is 3. The third-order valence-electron chi connectivity index (χ3n) is 7.76. The van der Waals surface area contributed by atoms with Crippen LogP contribution in [0.2, 0.25) is 0 Å². The molecule has 250 valence electrons. The zero-order valence-corrected chi connectivity index (χ0v) is 27.2. The Balaban J connectivity index is 1.39. The van der Waals surface area contributed by atoms with Gasteiger partial charge in [0.05, 0.1) is 7.11 Å². The van der Waals surface area contributed by atoms with Crippen molar-refractivity contribution in [3.63, 3.8) is 0 Å². The van der Waals surface area contributed by atoms with Gasteiger partial charge < -0.3 is 24.6 Å². The highest BCUT2D eigenvalue weighted by molar-refractivity contribution is 5.93. The van der Waals surface area contributed by atoms with Crippen LogP contribution in [-0.4, -0.2) is 54.0 Å². The van der Waals surface area contributed by atoms with Crippen molar-refractivity contribution in [1.29, 1.82) is 0 Å². The topological polar surface area (TPSA) is 131 Å². The lowest BCUT2D eigenvalue weighted by Gasteiger charge is -2.28. The molecule has 0 aliphatic rings. The number of hydrogen-bond acceptors (Lipinski definition) is 8. The lowest BCUT2D eigenvalue weighted by Crippen LogP contribution is -2.46. The fourth-order valence-electron chi connectivity index (χ4n) is 5.06. The molecular weight excluding hydrogens is 612 g/mol. The first kappa shape index (κ1) is 35.2. The Morgan fingerprint density at radius 2 is 1.35 bits per heavy atom. The highest BCUT2D eigenvalue weighted by Gasteiger charge is 2.33. The Kier molecular flexibility index (Phi) is 12.7. The maximum Gasteiger partial charge on any atom is 0.410 e. The number of phenols is 1. The normalized spacial score (nSPS) is 12.6. The second-order valence-electron chi connectivity index (χ2n) is 11.4. The highest BCUT2D eigenvalue weighted by atomic mass is 16.6. The van der Waals surface area contributed by atoms with Crippen LogP contribution in [-0.2, 0) is 43.5 Å². The smallest absolute Gasteiger partial charge is 0.410 e. The minimum Gasteiger partial charge on any atom is -0.508 e. The van der Waals surface area contributed by atoms with Crippen LogP contribution >= 0.6 is 0 Å². The summed E-state index contributed by atoms with van der Waals surface area (Å²) in [7, 11) is 2.68. The van der Waals surface area contributed by atoms with Crippen LogP contribution in [0.25, 0.3) is 0 Å². The molecule has 48 heavy (non-hydrogen) atoms. The van der Waals surface area contributed by atoms with Crippen LogP contribution in [0, 0.1) is 5.92 Å². The molecule has 4 rings (SSSR count). The Morgan fingerprint density at radius 3 is 1.94 bits per heavy atom. The molecule has 4 aromatic carbocycles. The van der Waals surface area contributed by atoms with Gasteiger partial charge in [-0.15, -0.1) is 0 Å². The summed E-state index contributed by atoms with van der Waals surface area (Å²) in [5, 5.41) is 12.5. The minimum atomic E-state index is -1.09. The number of rotatable bonds is 15. The third kappa shape index (κ3) is 10.2. The monoisotopic (exact) mass is 652 g/mol. The van der Waals surface area contributed by atoms with Crippen LogP contribution < -0.4 is 10.1 Å². The molecule has 0 aromatic heterocycles. The van der Waals surface area contributed by atoms with E-state index in [9.17, 15) is 24.3 Å². The number of carbonyl (C=O) groups is 4. The molecule has 4 aromatic rings. The number of nitrogens with one attached hydrogen (secondary N) is 1. The molecule has 2 amide bonds. The number of Topliss-reactive ketones (excluding diaryl/α,β-unsaturated/α-hetero) is 1. The summed E-state index contributed by atoms with van der Waals surface area (Å²) in [5.41, 5.74) is 3.02. The summed E-state index contributed by atoms with van der Waals surface area (Å²) in [4.78, 5) is 53.9. The molecular formula is C38H40N2O8. The number of amides is 2. The molecule has 2 N–H and O–H groups in total. The van der Waals surface area contributed by atoms with Crippen molar-refractivity contribution in [2.24, 2.45) is 5.92 Å². The molecule has 0 spiro atoms. The van der Waals surface area contributed by atoms with Crippen LogP contribution in [0.1, 0.15) is 41.6 Å². The van der Waals surface area contributed by atoms with Crippen molar-refractivity contribution in [2.75, 3.05) is 14.2 Å². The summed E-state index contributed by atoms with van der Waals surface area (Å²) >= 11 is 0. The number of esters is 1. The zero-order chi connectivity index (χ0) is 34.5. The predicted octanol–water partition coefficient (Wildman–Crippen LogP) is 5.78. The second kappa shape index (κ2) is 17.3. The fourth-order valence-corrected chi connectivity index (χ4v) is 5.06. The van der Waals surface area contributed by atoms with Gasteiger partial charge in [-0.3, -0.25) is 14.5 Å². The maximum atomic E-state index is 13.7. The molecule has 0 fully saturated rings. The molecule has 0 aliphatic heterocycles. The van der Waals surface area contributed by atoms with Crippen molar-refractivity contribution < 1.29 is 38.5 Å². The Morgan fingerprint density at radius 1 is 0.771 bits per heavy atom. The SMILES string of the molecule is COC(=O)[C@H](Cc1ccc(OCc2ccccc2)cc1)NC(=O)[C@H](C)CC(=O)[C@H](c1ccc(O)cc1)N(C)C(=O)OCc1ccccc1. The Bertz CT molecular complexity index is 1640. The van der Waals surface area contributed by atoms with Crippen molar-refractivity contribution in [2.45, 2.75) is 45.1 Å². The summed E-state index contributed by atoms with van der Waals surface area (Å²) < 4.78 is 16.2. The first-order chi connectivity index (χ1) is 23.1. The molecule has 0 aliphatic carbocycles. The third-order valence-corrected chi connectivity index (χ3v) is 7.76. The average molecular weight is 653 g/mol. The van der Waals surface area contributed by atoms with E-state index in [1.54, 1.807) is 19.1 Å². The van der Waals surface area contributed by atoms with Gasteiger partial charge in [0, 0.05) is 25.8 Å². The molecule has 10 heteroatoms. The fraction of sp³-hybridized carbons (Fsp3) is 0.263. The lowest BCUT2D eigenvalue weighted by molar-refractivity contribution is -0.145. The molecule has 0 heterocycles. The Hall–Kier alpha value is -5.64. The van der Waals surface area contributed by atoms with Gasteiger partial charge in [0.2, 0.25) is 5.91 Å². The molecule has 0 bridgehead atoms. The zero-order valence-electron chi connectivity index (χ0n) is 27.2. The molecule has 10 nitrogen and oxygen atoms in total. The number of benzene rings is 4. The van der Waals surface area contributed by atoms with Crippen molar-refractivity contribution in [3.05, 3.63) is 131 Å². The summed E-state index contributed by atoms with van der Waals surface area (Å²) in [6, 6.07) is 29.9. The van der Waals surface area contributed by atoms with Gasteiger partial charge in [-0.2, -0.15) is 0 Å². The van der Waals surface area contributed by atoms with Crippen LogP contribution in [0.3, 0.4) is 0 Å². The van der Waals surface area contributed by atoms with Crippen LogP contribution in [0.15, 0.2) is 109 Å². The summed E-state index contributed by atoms with van der Waals surface area (Å²) in [5.74, 6) is -1.79. The van der Waals surface area contributed by atoms with Gasteiger partial charge >= 0.3 is 12.1 Å². The van der Waals surface area contributed by atoms with E-state index in [1.807, 2.05) is 72.8 Å². The lowest BCUT2D eigenvalue weighted by atomic mass is 9.93. The summed E-state index contributed by atoms with van der Waals surface area (Å²) in [6.07, 6.45) is -0.816. The standard InChI is InChI=1S/C38H40N2O8/c1-26(22-34(42)35(30-16-18-31(41)19-17-30)40(2)38(45)48-25-29-12-8-5-9-13-29)36(43)39-33(37(44)46-3)23-27-14-20-32(21-15-27)47-24-28-10-6-4-7-11-28/h4-21,26,33,35,41H,22-25H2,1-3H3,(H,39,43)/t26-,33+,35+/m1/s1. The van der Waals surface area contributed by atoms with E-state index in [2.05, 4.69) is 5.32 Å². The number of nitrogens with zero attached hydrogens (tertiary/aromatic N) is 1. The Labute approximate surface area is 280 Å². The second-order valence-corrected chi connectivity index (χ2v) is 11.4. The first-order valence-corrected chi connectivity index (χ1v) is 15.5. The molecule has 0 saturated carbocycles. The van der Waals surface area contributed by atoms with E-state index in [0.29, 0.717) is 17.9 Å². The van der Waals surface area contributed by atoms with Gasteiger partial charge in [-0.05, 0) is 46.5 Å². The van der Waals surface area contributed by atoms with Gasteiger partial charge in [0.15, 0.2) is 5.78 Å². The van der Waals surface area contributed by atoms with Gasteiger partial charge in [0.25, 0.3) is 0 Å². The van der Waals surface area contributed by atoms with Crippen molar-refractivity contribution in [1.82, 2.24) is 10.2 Å². The highest BCUT2D eigenvalue weighted by Crippen LogP contribution is 2.27. The molecule has 3 atom stereocenters. The average Bonchev–Trinajstić information content (AvgIpc) is 3.11. The van der Waals surface area contributed by atoms with E-state index in [4.69, 9.17) is 14.2 Å². The molecule has 0 radical (unpaired) electrons. The minimum absolute atomic E-state index is 0.00444. The van der Waals surface area contributed by atoms with E-state index in [-0.39, 0.29) is 25.2 Å². The number of likely N-dealkylation sites (N-methyl/N-ethyl adjacent to an activating group) is 1. The predicted molar refractivity (Wildman–Crippen MR) is 179 cm³/mol. The van der Waals surface area contributed by atoms with E-state index < -0.39 is 41.8 Å². The number of ketones is 1. The molecule has 0 saturated heterocycles. The number of carbonyl (C=O) groups excluding carboxylic acids is 4. The van der Waals surface area contributed by atoms with Gasteiger partial charge in [-0.1, -0.05) is 91.9 Å². The number of hydrogen-bond donors (Lipinski definition) is 2. The van der Waals surface area contributed by atoms with Crippen LogP contribution in [0.5, 0.6) is 11.5 Å². The van der Waals surface area contributed by atoms with E-state index in [0.717, 1.165) is 16.7 Å². The first-order valence-electron chi connectivity index (χ1n) is 15.5. The number of phenolic OH excluding ortho intramolecular Hbond substituents is 1. The maximum absolute atomic E-state index is 13.7. The van der Waals surface area contributed by atoms with Crippen molar-refractivity contribution >= 4 is 23.8 Å². The van der Waals surface area contributed by atoms with Crippen LogP contribution in [0.4, 0.5) is 4.79 Å².